The number of likely N-dealkylation sites (tertiary alicyclic amines) is 1. The van der Waals surface area contributed by atoms with Crippen LogP contribution in [0.3, 0.4) is 0 Å². The van der Waals surface area contributed by atoms with Gasteiger partial charge in [0.05, 0.1) is 13.2 Å². The van der Waals surface area contributed by atoms with Crippen LogP contribution in [-0.4, -0.2) is 61.4 Å². The average molecular weight is 409 g/mol. The zero-order valence-corrected chi connectivity index (χ0v) is 17.1. The lowest BCUT2D eigenvalue weighted by Crippen LogP contribution is -2.42. The van der Waals surface area contributed by atoms with Crippen LogP contribution in [-0.2, 0) is 11.8 Å². The number of hydrogen-bond acceptors (Lipinski definition) is 6. The molecule has 1 aromatic heterocycles. The van der Waals surface area contributed by atoms with Gasteiger partial charge < -0.3 is 14.7 Å². The number of tetrazole rings is 1. The summed E-state index contributed by atoms with van der Waals surface area (Å²) in [6.07, 6.45) is 6.61. The Morgan fingerprint density at radius 2 is 1.80 bits per heavy atom. The molecule has 2 aliphatic carbocycles. The minimum Gasteiger partial charge on any atom is -0.488 e. The van der Waals surface area contributed by atoms with Crippen molar-refractivity contribution >= 4 is 5.91 Å². The second kappa shape index (κ2) is 7.83. The topological polar surface area (TPSA) is 93.4 Å². The summed E-state index contributed by atoms with van der Waals surface area (Å²) in [5, 5.41) is 22.7. The SMILES string of the molecule is Cn1nnc(-c2ccc(O[C@@H]3C[C@@H]4CN(C(=O)C5CC=CC5)C[C@@H]4C[C@H]3O)cc2)n1. The number of allylic oxidation sites excluding steroid dienone is 2. The van der Waals surface area contributed by atoms with E-state index >= 15 is 0 Å². The third-order valence-corrected chi connectivity index (χ3v) is 6.66. The van der Waals surface area contributed by atoms with Crippen LogP contribution in [0.4, 0.5) is 0 Å². The number of aromatic nitrogens is 4. The summed E-state index contributed by atoms with van der Waals surface area (Å²) in [6.45, 7) is 1.55. The lowest BCUT2D eigenvalue weighted by molar-refractivity contribution is -0.134. The van der Waals surface area contributed by atoms with Gasteiger partial charge in [-0.3, -0.25) is 4.79 Å². The van der Waals surface area contributed by atoms with E-state index in [-0.39, 0.29) is 17.9 Å². The molecule has 1 amide bonds. The largest absolute Gasteiger partial charge is 0.488 e. The molecule has 1 aliphatic heterocycles. The Morgan fingerprint density at radius 3 is 2.47 bits per heavy atom. The van der Waals surface area contributed by atoms with Crippen LogP contribution >= 0.6 is 0 Å². The van der Waals surface area contributed by atoms with Gasteiger partial charge in [-0.25, -0.2) is 0 Å². The Labute approximate surface area is 175 Å². The first-order chi connectivity index (χ1) is 14.6. The highest BCUT2D eigenvalue weighted by Gasteiger charge is 2.44. The van der Waals surface area contributed by atoms with Crippen LogP contribution in [0.5, 0.6) is 5.75 Å². The fourth-order valence-corrected chi connectivity index (χ4v) is 5.03. The molecule has 30 heavy (non-hydrogen) atoms. The van der Waals surface area contributed by atoms with Crippen molar-refractivity contribution in [3.63, 3.8) is 0 Å². The van der Waals surface area contributed by atoms with Crippen molar-refractivity contribution in [1.82, 2.24) is 25.1 Å². The van der Waals surface area contributed by atoms with E-state index in [0.29, 0.717) is 29.8 Å². The predicted molar refractivity (Wildman–Crippen MR) is 109 cm³/mol. The van der Waals surface area contributed by atoms with E-state index in [9.17, 15) is 9.90 Å². The highest BCUT2D eigenvalue weighted by molar-refractivity contribution is 5.80. The standard InChI is InChI=1S/C22H27N5O3/c1-26-24-21(23-25-26)14-6-8-18(9-7-14)30-20-11-17-13-27(12-16(17)10-19(20)28)22(29)15-4-2-3-5-15/h2-3,6-9,15-17,19-20,28H,4-5,10-13H2,1H3/t16-,17+,19+,20+/m0/s1. The Kier molecular flexibility index (Phi) is 5.02. The Balaban J connectivity index is 1.21. The van der Waals surface area contributed by atoms with Crippen LogP contribution in [0.15, 0.2) is 36.4 Å². The predicted octanol–water partition coefficient (Wildman–Crippen LogP) is 1.82. The number of nitrogens with zero attached hydrogens (tertiary/aromatic N) is 5. The molecule has 1 saturated carbocycles. The summed E-state index contributed by atoms with van der Waals surface area (Å²) in [5.74, 6) is 2.42. The van der Waals surface area contributed by atoms with Gasteiger partial charge in [0.15, 0.2) is 0 Å². The Morgan fingerprint density at radius 1 is 1.10 bits per heavy atom. The molecule has 1 aromatic carbocycles. The minimum atomic E-state index is -0.518. The van der Waals surface area contributed by atoms with Crippen molar-refractivity contribution in [2.24, 2.45) is 24.8 Å². The van der Waals surface area contributed by atoms with Gasteiger partial charge in [0.25, 0.3) is 0 Å². The van der Waals surface area contributed by atoms with Gasteiger partial charge >= 0.3 is 0 Å². The zero-order valence-electron chi connectivity index (χ0n) is 17.1. The maximum atomic E-state index is 12.8. The second-order valence-corrected chi connectivity index (χ2v) is 8.73. The lowest BCUT2D eigenvalue weighted by atomic mass is 9.78. The number of carbonyl (C=O) groups excluding carboxylic acids is 1. The van der Waals surface area contributed by atoms with E-state index < -0.39 is 6.10 Å². The third-order valence-electron chi connectivity index (χ3n) is 6.66. The molecular weight excluding hydrogens is 382 g/mol. The molecule has 5 rings (SSSR count). The number of carbonyl (C=O) groups is 1. The number of aryl methyl sites for hydroxylation is 1. The van der Waals surface area contributed by atoms with Crippen molar-refractivity contribution < 1.29 is 14.6 Å². The van der Waals surface area contributed by atoms with E-state index in [4.69, 9.17) is 4.74 Å². The minimum absolute atomic E-state index is 0.115. The second-order valence-electron chi connectivity index (χ2n) is 8.73. The number of hydrogen-bond donors (Lipinski definition) is 1. The van der Waals surface area contributed by atoms with E-state index in [2.05, 4.69) is 27.6 Å². The molecule has 8 nitrogen and oxygen atoms in total. The molecule has 0 bridgehead atoms. The first kappa shape index (κ1) is 19.2. The van der Waals surface area contributed by atoms with Gasteiger partial charge in [0.2, 0.25) is 11.7 Å². The van der Waals surface area contributed by atoms with Crippen LogP contribution in [0, 0.1) is 17.8 Å². The number of ether oxygens (including phenoxy) is 1. The van der Waals surface area contributed by atoms with Crippen molar-refractivity contribution in [1.29, 1.82) is 0 Å². The van der Waals surface area contributed by atoms with Gasteiger partial charge in [0.1, 0.15) is 11.9 Å². The van der Waals surface area contributed by atoms with Gasteiger partial charge in [-0.1, -0.05) is 12.2 Å². The molecule has 1 N–H and O–H groups in total. The molecule has 8 heteroatoms. The first-order valence-electron chi connectivity index (χ1n) is 10.7. The zero-order chi connectivity index (χ0) is 20.7. The molecule has 2 heterocycles. The van der Waals surface area contributed by atoms with E-state index in [0.717, 1.165) is 37.9 Å². The van der Waals surface area contributed by atoms with Gasteiger partial charge in [-0.2, -0.15) is 4.80 Å². The molecule has 0 radical (unpaired) electrons. The van der Waals surface area contributed by atoms with Crippen molar-refractivity contribution in [3.8, 4) is 17.1 Å². The van der Waals surface area contributed by atoms with Crippen LogP contribution in [0.1, 0.15) is 25.7 Å². The van der Waals surface area contributed by atoms with Gasteiger partial charge in [-0.05, 0) is 67.0 Å². The fraction of sp³-hybridized carbons (Fsp3) is 0.545. The molecule has 2 fully saturated rings. The summed E-state index contributed by atoms with van der Waals surface area (Å²) < 4.78 is 6.14. The Hall–Kier alpha value is -2.74. The molecule has 1 saturated heterocycles. The third kappa shape index (κ3) is 3.71. The summed E-state index contributed by atoms with van der Waals surface area (Å²) in [6, 6.07) is 7.55. The van der Waals surface area contributed by atoms with E-state index in [1.807, 2.05) is 29.2 Å². The molecule has 4 atom stereocenters. The number of amides is 1. The van der Waals surface area contributed by atoms with E-state index in [1.54, 1.807) is 7.05 Å². The number of fused-ring (bicyclic) bond motifs is 1. The summed E-state index contributed by atoms with van der Waals surface area (Å²) >= 11 is 0. The van der Waals surface area contributed by atoms with E-state index in [1.165, 1.54) is 4.80 Å². The number of aliphatic hydroxyl groups is 1. The van der Waals surface area contributed by atoms with Gasteiger partial charge in [-0.15, -0.1) is 10.2 Å². The Bertz CT molecular complexity index is 933. The maximum Gasteiger partial charge on any atom is 0.226 e. The summed E-state index contributed by atoms with van der Waals surface area (Å²) in [4.78, 5) is 16.2. The van der Waals surface area contributed by atoms with Crippen molar-refractivity contribution in [2.45, 2.75) is 37.9 Å². The fourth-order valence-electron chi connectivity index (χ4n) is 5.03. The molecule has 0 unspecified atom stereocenters. The van der Waals surface area contributed by atoms with Crippen molar-refractivity contribution in [2.75, 3.05) is 13.1 Å². The van der Waals surface area contributed by atoms with Crippen LogP contribution in [0.2, 0.25) is 0 Å². The molecule has 2 aromatic rings. The van der Waals surface area contributed by atoms with Crippen molar-refractivity contribution in [3.05, 3.63) is 36.4 Å². The number of aliphatic hydroxyl groups excluding tert-OH is 1. The molecular formula is C22H27N5O3. The normalized spacial score (nSPS) is 28.7. The monoisotopic (exact) mass is 409 g/mol. The van der Waals surface area contributed by atoms with Gasteiger partial charge in [0, 0.05) is 24.6 Å². The number of benzene rings is 1. The maximum absolute atomic E-state index is 12.8. The summed E-state index contributed by atoms with van der Waals surface area (Å²) in [5.41, 5.74) is 0.867. The first-order valence-corrected chi connectivity index (χ1v) is 10.7. The highest BCUT2D eigenvalue weighted by atomic mass is 16.5. The quantitative estimate of drug-likeness (QED) is 0.775. The molecule has 0 spiro atoms. The lowest BCUT2D eigenvalue weighted by Gasteiger charge is -2.35. The molecule has 158 valence electrons. The smallest absolute Gasteiger partial charge is 0.226 e. The molecule has 3 aliphatic rings. The average Bonchev–Trinajstić information content (AvgIpc) is 3.49. The number of rotatable bonds is 4. The van der Waals surface area contributed by atoms with Crippen LogP contribution < -0.4 is 4.74 Å². The van der Waals surface area contributed by atoms with Crippen LogP contribution in [0.25, 0.3) is 11.4 Å². The summed E-state index contributed by atoms with van der Waals surface area (Å²) in [7, 11) is 1.73. The highest BCUT2D eigenvalue weighted by Crippen LogP contribution is 2.39.